The summed E-state index contributed by atoms with van der Waals surface area (Å²) < 4.78 is 43.4. The zero-order valence-electron chi connectivity index (χ0n) is 14.4. The van der Waals surface area contributed by atoms with Crippen LogP contribution >= 0.6 is 0 Å². The van der Waals surface area contributed by atoms with Gasteiger partial charge < -0.3 is 4.74 Å². The lowest BCUT2D eigenvalue weighted by molar-refractivity contribution is -0.137. The summed E-state index contributed by atoms with van der Waals surface area (Å²) in [6.45, 7) is 5.47. The molecule has 136 valence electrons. The highest BCUT2D eigenvalue weighted by atomic mass is 19.4. The van der Waals surface area contributed by atoms with Crippen LogP contribution in [0.25, 0.3) is 5.57 Å². The molecule has 2 unspecified atom stereocenters. The Balaban J connectivity index is 1.79. The zero-order valence-corrected chi connectivity index (χ0v) is 14.4. The van der Waals surface area contributed by atoms with E-state index in [2.05, 4.69) is 4.98 Å². The molecule has 0 saturated carbocycles. The minimum Gasteiger partial charge on any atom is -0.444 e. The van der Waals surface area contributed by atoms with E-state index in [0.29, 0.717) is 12.1 Å². The molecule has 0 spiro atoms. The van der Waals surface area contributed by atoms with Crippen molar-refractivity contribution in [1.82, 2.24) is 9.88 Å². The van der Waals surface area contributed by atoms with Gasteiger partial charge in [0.15, 0.2) is 0 Å². The highest BCUT2D eigenvalue weighted by molar-refractivity contribution is 5.74. The second-order valence-corrected chi connectivity index (χ2v) is 7.51. The van der Waals surface area contributed by atoms with Gasteiger partial charge >= 0.3 is 12.3 Å². The third-order valence-corrected chi connectivity index (χ3v) is 4.42. The topological polar surface area (TPSA) is 42.4 Å². The van der Waals surface area contributed by atoms with Gasteiger partial charge in [-0.25, -0.2) is 4.79 Å². The Hall–Kier alpha value is -2.05. The number of amides is 1. The molecule has 2 aliphatic heterocycles. The van der Waals surface area contributed by atoms with Gasteiger partial charge in [-0.3, -0.25) is 9.88 Å². The Labute approximate surface area is 144 Å². The molecule has 7 heteroatoms. The zero-order chi connectivity index (χ0) is 18.4. The molecule has 25 heavy (non-hydrogen) atoms. The van der Waals surface area contributed by atoms with Crippen molar-refractivity contribution in [3.8, 4) is 0 Å². The second kappa shape index (κ2) is 6.04. The van der Waals surface area contributed by atoms with Crippen molar-refractivity contribution < 1.29 is 22.7 Å². The molecule has 3 heterocycles. The summed E-state index contributed by atoms with van der Waals surface area (Å²) in [4.78, 5) is 18.1. The average Bonchev–Trinajstić information content (AvgIpc) is 2.75. The summed E-state index contributed by atoms with van der Waals surface area (Å²) in [7, 11) is 0. The fraction of sp³-hybridized carbons (Fsp3) is 0.556. The van der Waals surface area contributed by atoms with Crippen molar-refractivity contribution >= 4 is 11.7 Å². The predicted octanol–water partition coefficient (Wildman–Crippen LogP) is 4.66. The van der Waals surface area contributed by atoms with E-state index in [1.807, 2.05) is 26.8 Å². The standard InChI is InChI=1S/C18H21F3N2O2/c1-17(2,3)25-16(24)23-13-5-6-14(23)9-11(8-13)15-7-4-12(10-22-15)18(19,20)21/h4,7-8,10,13-14H,5-6,9H2,1-3H3. The first-order valence-corrected chi connectivity index (χ1v) is 8.30. The third kappa shape index (κ3) is 3.80. The average molecular weight is 354 g/mol. The lowest BCUT2D eigenvalue weighted by Gasteiger charge is -2.35. The molecule has 0 aliphatic carbocycles. The molecule has 2 bridgehead atoms. The molecule has 1 aromatic rings. The first-order chi connectivity index (χ1) is 11.5. The van der Waals surface area contributed by atoms with Crippen LogP contribution in [-0.2, 0) is 10.9 Å². The fourth-order valence-electron chi connectivity index (χ4n) is 3.37. The van der Waals surface area contributed by atoms with Gasteiger partial charge in [-0.05, 0) is 57.7 Å². The first kappa shape index (κ1) is 17.8. The Bertz CT molecular complexity index is 690. The van der Waals surface area contributed by atoms with Gasteiger partial charge in [0, 0.05) is 12.2 Å². The molecule has 1 amide bonds. The third-order valence-electron chi connectivity index (χ3n) is 4.42. The number of alkyl halides is 3. The smallest absolute Gasteiger partial charge is 0.417 e. The summed E-state index contributed by atoms with van der Waals surface area (Å²) in [6.07, 6.45) is 0.322. The van der Waals surface area contributed by atoms with E-state index < -0.39 is 17.3 Å². The second-order valence-electron chi connectivity index (χ2n) is 7.51. The summed E-state index contributed by atoms with van der Waals surface area (Å²) in [5, 5.41) is 0. The largest absolute Gasteiger partial charge is 0.444 e. The van der Waals surface area contributed by atoms with Gasteiger partial charge in [-0.2, -0.15) is 13.2 Å². The van der Waals surface area contributed by atoms with E-state index in [1.165, 1.54) is 6.07 Å². The Morgan fingerprint density at radius 1 is 1.24 bits per heavy atom. The monoisotopic (exact) mass is 354 g/mol. The summed E-state index contributed by atoms with van der Waals surface area (Å²) >= 11 is 0. The normalized spacial score (nSPS) is 23.4. The molecule has 0 N–H and O–H groups in total. The van der Waals surface area contributed by atoms with Crippen molar-refractivity contribution in [2.24, 2.45) is 0 Å². The Kier molecular flexibility index (Phi) is 4.29. The minimum absolute atomic E-state index is 0.00365. The van der Waals surface area contributed by atoms with Crippen molar-refractivity contribution in [3.05, 3.63) is 35.7 Å². The molecule has 4 nitrogen and oxygen atoms in total. The molecule has 0 radical (unpaired) electrons. The van der Waals surface area contributed by atoms with Crippen LogP contribution in [0, 0.1) is 0 Å². The Morgan fingerprint density at radius 3 is 2.48 bits per heavy atom. The molecule has 1 saturated heterocycles. The number of ether oxygens (including phenoxy) is 1. The molecule has 0 aromatic carbocycles. The molecule has 1 aromatic heterocycles. The number of rotatable bonds is 1. The van der Waals surface area contributed by atoms with Gasteiger partial charge in [0.1, 0.15) is 5.60 Å². The molecule has 2 atom stereocenters. The van der Waals surface area contributed by atoms with Crippen molar-refractivity contribution in [3.63, 3.8) is 0 Å². The molecule has 2 aliphatic rings. The van der Waals surface area contributed by atoms with Crippen LogP contribution in [0.5, 0.6) is 0 Å². The van der Waals surface area contributed by atoms with Crippen LogP contribution in [-0.4, -0.2) is 33.7 Å². The lowest BCUT2D eigenvalue weighted by Crippen LogP contribution is -2.45. The first-order valence-electron chi connectivity index (χ1n) is 8.30. The maximum Gasteiger partial charge on any atom is 0.417 e. The van der Waals surface area contributed by atoms with E-state index in [-0.39, 0.29) is 18.2 Å². The summed E-state index contributed by atoms with van der Waals surface area (Å²) in [6, 6.07) is 2.36. The van der Waals surface area contributed by atoms with Gasteiger partial charge in [0.2, 0.25) is 0 Å². The molecular weight excluding hydrogens is 333 g/mol. The molecular formula is C18H21F3N2O2. The van der Waals surface area contributed by atoms with Crippen LogP contribution in [0.15, 0.2) is 24.4 Å². The quantitative estimate of drug-likeness (QED) is 0.737. The van der Waals surface area contributed by atoms with E-state index in [1.54, 1.807) is 4.90 Å². The number of nitrogens with zero attached hydrogens (tertiary/aromatic N) is 2. The summed E-state index contributed by atoms with van der Waals surface area (Å²) in [5.74, 6) is 0. The maximum atomic E-state index is 12.7. The highest BCUT2D eigenvalue weighted by Crippen LogP contribution is 2.39. The maximum absolute atomic E-state index is 12.7. The van der Waals surface area contributed by atoms with Gasteiger partial charge in [-0.1, -0.05) is 6.08 Å². The number of fused-ring (bicyclic) bond motifs is 2. The van der Waals surface area contributed by atoms with Gasteiger partial charge in [-0.15, -0.1) is 0 Å². The SMILES string of the molecule is CC(C)(C)OC(=O)N1C2C=C(c3ccc(C(F)(F)F)cn3)CC1CC2. The number of hydrogen-bond donors (Lipinski definition) is 0. The van der Waals surface area contributed by atoms with Crippen molar-refractivity contribution in [2.75, 3.05) is 0 Å². The van der Waals surface area contributed by atoms with Gasteiger partial charge in [0.25, 0.3) is 0 Å². The number of carbonyl (C=O) groups is 1. The highest BCUT2D eigenvalue weighted by Gasteiger charge is 2.42. The van der Waals surface area contributed by atoms with Crippen LogP contribution < -0.4 is 0 Å². The number of aromatic nitrogens is 1. The minimum atomic E-state index is -4.39. The van der Waals surface area contributed by atoms with E-state index in [4.69, 9.17) is 4.74 Å². The Morgan fingerprint density at radius 2 is 1.96 bits per heavy atom. The van der Waals surface area contributed by atoms with Gasteiger partial charge in [0.05, 0.1) is 17.3 Å². The van der Waals surface area contributed by atoms with Crippen molar-refractivity contribution in [2.45, 2.75) is 63.9 Å². The lowest BCUT2D eigenvalue weighted by atomic mass is 9.98. The number of hydrogen-bond acceptors (Lipinski definition) is 3. The van der Waals surface area contributed by atoms with Crippen molar-refractivity contribution in [1.29, 1.82) is 0 Å². The number of pyridine rings is 1. The molecule has 1 fully saturated rings. The predicted molar refractivity (Wildman–Crippen MR) is 86.7 cm³/mol. The fourth-order valence-corrected chi connectivity index (χ4v) is 3.37. The van der Waals surface area contributed by atoms with E-state index >= 15 is 0 Å². The van der Waals surface area contributed by atoms with Crippen LogP contribution in [0.3, 0.4) is 0 Å². The van der Waals surface area contributed by atoms with Crippen LogP contribution in [0.2, 0.25) is 0 Å². The summed E-state index contributed by atoms with van der Waals surface area (Å²) in [5.41, 5.74) is 0.107. The molecule has 3 rings (SSSR count). The number of halogens is 3. The van der Waals surface area contributed by atoms with Crippen LogP contribution in [0.4, 0.5) is 18.0 Å². The van der Waals surface area contributed by atoms with E-state index in [0.717, 1.165) is 30.7 Å². The van der Waals surface area contributed by atoms with Crippen LogP contribution in [0.1, 0.15) is 51.3 Å². The number of carbonyl (C=O) groups excluding carboxylic acids is 1. The van der Waals surface area contributed by atoms with E-state index in [9.17, 15) is 18.0 Å².